The summed E-state index contributed by atoms with van der Waals surface area (Å²) >= 11 is 0. The van der Waals surface area contributed by atoms with Crippen LogP contribution in [0.25, 0.3) is 0 Å². The van der Waals surface area contributed by atoms with Crippen molar-refractivity contribution in [3.63, 3.8) is 0 Å². The largest absolute Gasteiger partial charge is 0.573 e. The van der Waals surface area contributed by atoms with Crippen molar-refractivity contribution in [1.82, 2.24) is 0 Å². The van der Waals surface area contributed by atoms with Crippen molar-refractivity contribution < 1.29 is 27.5 Å². The maximum Gasteiger partial charge on any atom is 0.573 e. The van der Waals surface area contributed by atoms with Crippen LogP contribution in [0.1, 0.15) is 13.3 Å². The number of carbonyl (C=O) groups excluding carboxylic acids is 2. The van der Waals surface area contributed by atoms with E-state index in [2.05, 4.69) is 15.4 Å². The summed E-state index contributed by atoms with van der Waals surface area (Å²) in [6.07, 6.45) is -4.84. The third kappa shape index (κ3) is 4.30. The minimum absolute atomic E-state index is 0.0444. The van der Waals surface area contributed by atoms with Crippen molar-refractivity contribution in [1.29, 1.82) is 0 Å². The topological polar surface area (TPSA) is 70.7 Å². The molecule has 1 atom stereocenters. The molecule has 2 aromatic carbocycles. The fourth-order valence-electron chi connectivity index (χ4n) is 2.86. The maximum absolute atomic E-state index is 12.9. The molecule has 0 radical (unpaired) electrons. The van der Waals surface area contributed by atoms with Crippen LogP contribution in [-0.2, 0) is 4.79 Å². The summed E-state index contributed by atoms with van der Waals surface area (Å²) in [7, 11) is 0. The second-order valence-corrected chi connectivity index (χ2v) is 5.96. The second kappa shape index (κ2) is 7.18. The van der Waals surface area contributed by atoms with Crippen LogP contribution in [0.5, 0.6) is 5.75 Å². The van der Waals surface area contributed by atoms with Gasteiger partial charge in [-0.25, -0.2) is 4.79 Å². The number of hydrogen-bond acceptors (Lipinski definition) is 3. The summed E-state index contributed by atoms with van der Waals surface area (Å²) in [6, 6.07) is 10.8. The SMILES string of the molecule is C[C@H]1CC(=O)Nc2ccccc2N1C(=O)Nc1ccccc1OC(F)(F)F. The van der Waals surface area contributed by atoms with Crippen molar-refractivity contribution in [3.8, 4) is 5.75 Å². The third-order valence-electron chi connectivity index (χ3n) is 3.93. The Balaban J connectivity index is 1.91. The molecule has 0 spiro atoms. The first-order valence-electron chi connectivity index (χ1n) is 8.08. The minimum Gasteiger partial charge on any atom is -0.404 e. The lowest BCUT2D eigenvalue weighted by Crippen LogP contribution is -2.42. The Hall–Kier alpha value is -3.23. The molecule has 0 aliphatic carbocycles. The molecule has 142 valence electrons. The Morgan fingerprint density at radius 1 is 1.19 bits per heavy atom. The van der Waals surface area contributed by atoms with Gasteiger partial charge in [-0.2, -0.15) is 0 Å². The molecule has 0 saturated carbocycles. The monoisotopic (exact) mass is 379 g/mol. The first-order chi connectivity index (χ1) is 12.7. The molecule has 3 amide bonds. The highest BCUT2D eigenvalue weighted by Crippen LogP contribution is 2.34. The highest BCUT2D eigenvalue weighted by atomic mass is 19.4. The van der Waals surface area contributed by atoms with Crippen LogP contribution in [0.2, 0.25) is 0 Å². The average Bonchev–Trinajstić information content (AvgIpc) is 2.69. The maximum atomic E-state index is 12.9. The number of fused-ring (bicyclic) bond motifs is 1. The molecule has 27 heavy (non-hydrogen) atoms. The van der Waals surface area contributed by atoms with Crippen LogP contribution < -0.4 is 20.3 Å². The first-order valence-corrected chi connectivity index (χ1v) is 8.08. The molecule has 2 aromatic rings. The van der Waals surface area contributed by atoms with Gasteiger partial charge < -0.3 is 15.4 Å². The van der Waals surface area contributed by atoms with E-state index >= 15 is 0 Å². The molecule has 0 aromatic heterocycles. The number of benzene rings is 2. The molecular formula is C18H16F3N3O3. The van der Waals surface area contributed by atoms with Gasteiger partial charge in [0.05, 0.1) is 17.1 Å². The zero-order chi connectivity index (χ0) is 19.6. The Morgan fingerprint density at radius 2 is 1.85 bits per heavy atom. The normalized spacial score (nSPS) is 16.8. The van der Waals surface area contributed by atoms with E-state index in [9.17, 15) is 22.8 Å². The number of nitrogens with one attached hydrogen (secondary N) is 2. The van der Waals surface area contributed by atoms with Crippen LogP contribution in [-0.4, -0.2) is 24.3 Å². The molecule has 2 N–H and O–H groups in total. The van der Waals surface area contributed by atoms with E-state index in [1.165, 1.54) is 23.1 Å². The van der Waals surface area contributed by atoms with E-state index < -0.39 is 24.2 Å². The van der Waals surface area contributed by atoms with Crippen LogP contribution >= 0.6 is 0 Å². The van der Waals surface area contributed by atoms with E-state index in [4.69, 9.17) is 0 Å². The van der Waals surface area contributed by atoms with Gasteiger partial charge in [-0.15, -0.1) is 13.2 Å². The molecule has 0 unspecified atom stereocenters. The Bertz CT molecular complexity index is 870. The number of ether oxygens (including phenoxy) is 1. The van der Waals surface area contributed by atoms with E-state index in [-0.39, 0.29) is 18.0 Å². The van der Waals surface area contributed by atoms with E-state index in [1.807, 2.05) is 0 Å². The zero-order valence-corrected chi connectivity index (χ0v) is 14.2. The van der Waals surface area contributed by atoms with Crippen LogP contribution in [0.15, 0.2) is 48.5 Å². The summed E-state index contributed by atoms with van der Waals surface area (Å²) in [6.45, 7) is 1.68. The van der Waals surface area contributed by atoms with Crippen LogP contribution in [0.3, 0.4) is 0 Å². The standard InChI is InChI=1S/C18H16F3N3O3/c1-11-10-16(25)22-12-6-2-4-8-14(12)24(11)17(26)23-13-7-3-5-9-15(13)27-18(19,20)21/h2-9,11H,10H2,1H3,(H,22,25)(H,23,26)/t11-/m0/s1. The van der Waals surface area contributed by atoms with Gasteiger partial charge >= 0.3 is 12.4 Å². The smallest absolute Gasteiger partial charge is 0.404 e. The van der Waals surface area contributed by atoms with Crippen molar-refractivity contribution in [2.75, 3.05) is 15.5 Å². The number of anilines is 3. The van der Waals surface area contributed by atoms with Crippen molar-refractivity contribution >= 4 is 29.0 Å². The number of rotatable bonds is 2. The number of halogens is 3. The predicted molar refractivity (Wildman–Crippen MR) is 93.8 cm³/mol. The lowest BCUT2D eigenvalue weighted by Gasteiger charge is -2.28. The molecule has 9 heteroatoms. The second-order valence-electron chi connectivity index (χ2n) is 5.96. The Labute approximate surface area is 152 Å². The number of urea groups is 1. The highest BCUT2D eigenvalue weighted by Gasteiger charge is 2.33. The minimum atomic E-state index is -4.89. The molecule has 6 nitrogen and oxygen atoms in total. The number of hydrogen-bond donors (Lipinski definition) is 2. The lowest BCUT2D eigenvalue weighted by atomic mass is 10.2. The average molecular weight is 379 g/mol. The third-order valence-corrected chi connectivity index (χ3v) is 3.93. The zero-order valence-electron chi connectivity index (χ0n) is 14.2. The van der Waals surface area contributed by atoms with Gasteiger partial charge in [0.1, 0.15) is 0 Å². The van der Waals surface area contributed by atoms with Gasteiger partial charge in [0, 0.05) is 12.5 Å². The highest BCUT2D eigenvalue weighted by molar-refractivity contribution is 6.08. The van der Waals surface area contributed by atoms with E-state index in [0.717, 1.165) is 6.07 Å². The van der Waals surface area contributed by atoms with Gasteiger partial charge in [0.15, 0.2) is 5.75 Å². The Morgan fingerprint density at radius 3 is 2.59 bits per heavy atom. The summed E-state index contributed by atoms with van der Waals surface area (Å²) in [5.74, 6) is -0.783. The summed E-state index contributed by atoms with van der Waals surface area (Å²) in [4.78, 5) is 26.2. The van der Waals surface area contributed by atoms with Gasteiger partial charge in [-0.3, -0.25) is 9.69 Å². The van der Waals surface area contributed by atoms with Crippen LogP contribution in [0.4, 0.5) is 35.0 Å². The summed E-state index contributed by atoms with van der Waals surface area (Å²) < 4.78 is 41.7. The molecule has 0 saturated heterocycles. The molecular weight excluding hydrogens is 363 g/mol. The quantitative estimate of drug-likeness (QED) is 0.815. The summed E-state index contributed by atoms with van der Waals surface area (Å²) in [5, 5.41) is 5.15. The van der Waals surface area contributed by atoms with Gasteiger partial charge in [-0.05, 0) is 31.2 Å². The van der Waals surface area contributed by atoms with Crippen molar-refractivity contribution in [2.45, 2.75) is 25.7 Å². The number of alkyl halides is 3. The van der Waals surface area contributed by atoms with Gasteiger partial charge in [-0.1, -0.05) is 24.3 Å². The molecule has 3 rings (SSSR count). The molecule has 1 aliphatic heterocycles. The Kier molecular flexibility index (Phi) is 4.93. The number of carbonyl (C=O) groups is 2. The number of para-hydroxylation sites is 4. The van der Waals surface area contributed by atoms with Crippen LogP contribution in [0, 0.1) is 0 Å². The number of amides is 3. The van der Waals surface area contributed by atoms with E-state index in [1.54, 1.807) is 31.2 Å². The molecule has 1 aliphatic rings. The fourth-order valence-corrected chi connectivity index (χ4v) is 2.86. The van der Waals surface area contributed by atoms with Crippen molar-refractivity contribution in [3.05, 3.63) is 48.5 Å². The predicted octanol–water partition coefficient (Wildman–Crippen LogP) is 4.35. The first kappa shape index (κ1) is 18.6. The molecule has 1 heterocycles. The fraction of sp³-hybridized carbons (Fsp3) is 0.222. The van der Waals surface area contributed by atoms with E-state index in [0.29, 0.717) is 11.4 Å². The van der Waals surface area contributed by atoms with Gasteiger partial charge in [0.25, 0.3) is 0 Å². The summed E-state index contributed by atoms with van der Waals surface area (Å²) in [5.41, 5.74) is 0.762. The van der Waals surface area contributed by atoms with Gasteiger partial charge in [0.2, 0.25) is 5.91 Å². The number of nitrogens with zero attached hydrogens (tertiary/aromatic N) is 1. The lowest BCUT2D eigenvalue weighted by molar-refractivity contribution is -0.274. The molecule has 0 bridgehead atoms. The van der Waals surface area contributed by atoms with Crippen molar-refractivity contribution in [2.24, 2.45) is 0 Å². The molecule has 0 fully saturated rings.